The number of primary amides is 1. The predicted molar refractivity (Wildman–Crippen MR) is 144 cm³/mol. The quantitative estimate of drug-likeness (QED) is 0.477. The zero-order valence-electron chi connectivity index (χ0n) is 20.7. The highest BCUT2D eigenvalue weighted by Gasteiger charge is 2.29. The number of benzene rings is 2. The molecule has 10 heteroatoms. The fraction of sp³-hybridized carbons (Fsp3) is 0.333. The number of sulfonamides is 1. The van der Waals surface area contributed by atoms with Crippen LogP contribution in [-0.4, -0.2) is 49.1 Å². The van der Waals surface area contributed by atoms with E-state index in [-0.39, 0.29) is 4.90 Å². The van der Waals surface area contributed by atoms with Crippen molar-refractivity contribution in [2.24, 2.45) is 5.73 Å². The van der Waals surface area contributed by atoms with Crippen molar-refractivity contribution >= 4 is 38.2 Å². The van der Waals surface area contributed by atoms with E-state index in [4.69, 9.17) is 5.73 Å². The molecule has 2 aliphatic rings. The molecule has 3 N–H and O–H groups in total. The van der Waals surface area contributed by atoms with Crippen molar-refractivity contribution < 1.29 is 18.0 Å². The lowest BCUT2D eigenvalue weighted by Crippen LogP contribution is -2.35. The van der Waals surface area contributed by atoms with E-state index >= 15 is 0 Å². The number of carbonyl (C=O) groups is 2. The second-order valence-electron chi connectivity index (χ2n) is 9.43. The zero-order chi connectivity index (χ0) is 26.2. The molecule has 0 saturated heterocycles. The van der Waals surface area contributed by atoms with Crippen LogP contribution in [-0.2, 0) is 36.0 Å². The number of carbonyl (C=O) groups excluding carboxylic acids is 2. The van der Waals surface area contributed by atoms with Crippen molar-refractivity contribution in [2.45, 2.75) is 44.2 Å². The van der Waals surface area contributed by atoms with Gasteiger partial charge in [-0.2, -0.15) is 4.31 Å². The first-order valence-corrected chi connectivity index (χ1v) is 14.7. The number of nitrogens with one attached hydrogen (secondary N) is 1. The standard InChI is InChI=1S/C27H30N4O4S2/c1-2-13-30-14-12-22-23(17-30)36-27(24(22)25(28)32)29-26(33)19-7-9-21(10-8-19)37(34,35)31-15-11-18-5-3-4-6-20(18)16-31/h3-10H,2,11-17H2,1H3,(H2,28,32)(H,29,33). The van der Waals surface area contributed by atoms with Gasteiger partial charge in [-0.05, 0) is 66.8 Å². The van der Waals surface area contributed by atoms with E-state index in [0.717, 1.165) is 42.1 Å². The van der Waals surface area contributed by atoms with Crippen LogP contribution in [0.15, 0.2) is 53.4 Å². The van der Waals surface area contributed by atoms with Crippen LogP contribution in [0, 0.1) is 0 Å². The highest BCUT2D eigenvalue weighted by atomic mass is 32.2. The summed E-state index contributed by atoms with van der Waals surface area (Å²) in [4.78, 5) is 28.8. The summed E-state index contributed by atoms with van der Waals surface area (Å²) in [5, 5.41) is 3.29. The third-order valence-corrected chi connectivity index (χ3v) is 9.99. The monoisotopic (exact) mass is 538 g/mol. The molecule has 1 aromatic heterocycles. The van der Waals surface area contributed by atoms with Gasteiger partial charge in [-0.25, -0.2) is 8.42 Å². The van der Waals surface area contributed by atoms with Crippen LogP contribution in [0.3, 0.4) is 0 Å². The summed E-state index contributed by atoms with van der Waals surface area (Å²) in [5.74, 6) is -0.969. The van der Waals surface area contributed by atoms with Crippen molar-refractivity contribution in [1.82, 2.24) is 9.21 Å². The SMILES string of the molecule is CCCN1CCc2c(sc(NC(=O)c3ccc(S(=O)(=O)N4CCc5ccccc5C4)cc3)c2C(N)=O)C1. The van der Waals surface area contributed by atoms with Gasteiger partial charge in [0.15, 0.2) is 0 Å². The second-order valence-corrected chi connectivity index (χ2v) is 12.5. The number of anilines is 1. The van der Waals surface area contributed by atoms with Crippen molar-refractivity contribution in [3.8, 4) is 0 Å². The molecule has 0 unspecified atom stereocenters. The van der Waals surface area contributed by atoms with Gasteiger partial charge in [0, 0.05) is 36.6 Å². The lowest BCUT2D eigenvalue weighted by molar-refractivity contribution is 0.0999. The average molecular weight is 539 g/mol. The first-order valence-electron chi connectivity index (χ1n) is 12.4. The minimum absolute atomic E-state index is 0.142. The Labute approximate surface area is 221 Å². The lowest BCUT2D eigenvalue weighted by atomic mass is 10.0. The molecule has 0 spiro atoms. The molecule has 0 bridgehead atoms. The van der Waals surface area contributed by atoms with Crippen molar-refractivity contribution in [1.29, 1.82) is 0 Å². The molecule has 5 rings (SSSR count). The molecule has 2 aliphatic heterocycles. The van der Waals surface area contributed by atoms with Crippen LogP contribution in [0.2, 0.25) is 0 Å². The fourth-order valence-electron chi connectivity index (χ4n) is 5.09. The highest BCUT2D eigenvalue weighted by molar-refractivity contribution is 7.89. The molecule has 0 fully saturated rings. The van der Waals surface area contributed by atoms with Gasteiger partial charge in [0.05, 0.1) is 10.5 Å². The largest absolute Gasteiger partial charge is 0.365 e. The smallest absolute Gasteiger partial charge is 0.256 e. The van der Waals surface area contributed by atoms with Crippen LogP contribution in [0.25, 0.3) is 0 Å². The molecule has 2 aromatic carbocycles. The maximum Gasteiger partial charge on any atom is 0.256 e. The lowest BCUT2D eigenvalue weighted by Gasteiger charge is -2.28. The first kappa shape index (κ1) is 25.6. The van der Waals surface area contributed by atoms with Crippen molar-refractivity contribution in [3.05, 3.63) is 81.2 Å². The second kappa shape index (κ2) is 10.4. The topological polar surface area (TPSA) is 113 Å². The molecule has 3 aromatic rings. The number of nitrogens with two attached hydrogens (primary N) is 1. The Hall–Kier alpha value is -3.05. The molecule has 3 heterocycles. The summed E-state index contributed by atoms with van der Waals surface area (Å²) in [7, 11) is -3.70. The first-order chi connectivity index (χ1) is 17.8. The van der Waals surface area contributed by atoms with Crippen molar-refractivity contribution in [2.75, 3.05) is 25.0 Å². The van der Waals surface area contributed by atoms with Gasteiger partial charge in [0.1, 0.15) is 5.00 Å². The number of amides is 2. The van der Waals surface area contributed by atoms with Gasteiger partial charge in [0.25, 0.3) is 11.8 Å². The summed E-state index contributed by atoms with van der Waals surface area (Å²) in [6.45, 7) is 5.43. The number of thiophene rings is 1. The maximum atomic E-state index is 13.2. The Bertz CT molecular complexity index is 1450. The minimum Gasteiger partial charge on any atom is -0.365 e. The Kier molecular flexibility index (Phi) is 7.17. The predicted octanol–water partition coefficient (Wildman–Crippen LogP) is 3.61. The van der Waals surface area contributed by atoms with Gasteiger partial charge in [-0.3, -0.25) is 14.5 Å². The van der Waals surface area contributed by atoms with E-state index in [1.807, 2.05) is 24.3 Å². The molecule has 8 nitrogen and oxygen atoms in total. The van der Waals surface area contributed by atoms with Crippen LogP contribution >= 0.6 is 11.3 Å². The van der Waals surface area contributed by atoms with Gasteiger partial charge in [0.2, 0.25) is 10.0 Å². The van der Waals surface area contributed by atoms with Crippen LogP contribution in [0.5, 0.6) is 0 Å². The van der Waals surface area contributed by atoms with E-state index in [1.54, 1.807) is 0 Å². The molecule has 194 valence electrons. The number of rotatable bonds is 7. The zero-order valence-corrected chi connectivity index (χ0v) is 22.3. The fourth-order valence-corrected chi connectivity index (χ4v) is 7.80. The summed E-state index contributed by atoms with van der Waals surface area (Å²) in [6.07, 6.45) is 2.43. The van der Waals surface area contributed by atoms with Gasteiger partial charge in [-0.15, -0.1) is 11.3 Å². The van der Waals surface area contributed by atoms with E-state index in [0.29, 0.717) is 42.1 Å². The minimum atomic E-state index is -3.70. The van der Waals surface area contributed by atoms with Gasteiger partial charge >= 0.3 is 0 Å². The van der Waals surface area contributed by atoms with Crippen LogP contribution in [0.1, 0.15) is 55.6 Å². The summed E-state index contributed by atoms with van der Waals surface area (Å²) in [6, 6.07) is 13.8. The molecule has 2 amide bonds. The molecule has 0 aliphatic carbocycles. The number of fused-ring (bicyclic) bond motifs is 2. The Morgan fingerprint density at radius 1 is 1.00 bits per heavy atom. The molecule has 0 saturated carbocycles. The Balaban J connectivity index is 1.32. The third kappa shape index (κ3) is 5.06. The third-order valence-electron chi connectivity index (χ3n) is 7.00. The number of hydrogen-bond acceptors (Lipinski definition) is 6. The van der Waals surface area contributed by atoms with E-state index in [9.17, 15) is 18.0 Å². The van der Waals surface area contributed by atoms with Gasteiger partial charge in [-0.1, -0.05) is 31.2 Å². The summed E-state index contributed by atoms with van der Waals surface area (Å²) < 4.78 is 28.0. The Morgan fingerprint density at radius 3 is 2.43 bits per heavy atom. The maximum absolute atomic E-state index is 13.2. The summed E-state index contributed by atoms with van der Waals surface area (Å²) in [5.41, 5.74) is 9.48. The Morgan fingerprint density at radius 2 is 1.73 bits per heavy atom. The molecule has 0 atom stereocenters. The van der Waals surface area contributed by atoms with Crippen molar-refractivity contribution in [3.63, 3.8) is 0 Å². The number of hydrogen-bond donors (Lipinski definition) is 2. The van der Waals surface area contributed by atoms with Crippen LogP contribution < -0.4 is 11.1 Å². The van der Waals surface area contributed by atoms with Gasteiger partial charge < -0.3 is 11.1 Å². The average Bonchev–Trinajstić information content (AvgIpc) is 3.26. The molecule has 37 heavy (non-hydrogen) atoms. The highest BCUT2D eigenvalue weighted by Crippen LogP contribution is 2.37. The molecular weight excluding hydrogens is 508 g/mol. The van der Waals surface area contributed by atoms with E-state index < -0.39 is 21.8 Å². The summed E-state index contributed by atoms with van der Waals surface area (Å²) >= 11 is 1.39. The molecular formula is C27H30N4O4S2. The molecule has 0 radical (unpaired) electrons. The number of nitrogens with zero attached hydrogens (tertiary/aromatic N) is 2. The van der Waals surface area contributed by atoms with Crippen LogP contribution in [0.4, 0.5) is 5.00 Å². The van der Waals surface area contributed by atoms with E-state index in [1.165, 1.54) is 45.5 Å². The van der Waals surface area contributed by atoms with E-state index in [2.05, 4.69) is 17.1 Å². The normalized spacial score (nSPS) is 16.1.